The molecule has 9 aromatic carbocycles. The van der Waals surface area contributed by atoms with E-state index in [2.05, 4.69) is 227 Å². The van der Waals surface area contributed by atoms with E-state index in [1.807, 2.05) is 0 Å². The van der Waals surface area contributed by atoms with Crippen LogP contribution in [-0.4, -0.2) is 18.9 Å². The van der Waals surface area contributed by atoms with Gasteiger partial charge in [0.05, 0.1) is 0 Å². The number of hydrogen-bond acceptors (Lipinski definition) is 2. The summed E-state index contributed by atoms with van der Waals surface area (Å²) in [5, 5.41) is 7.88. The number of hydrogen-bond donors (Lipinski definition) is 0. The van der Waals surface area contributed by atoms with Crippen LogP contribution in [0, 0.1) is 0 Å². The van der Waals surface area contributed by atoms with Crippen molar-refractivity contribution in [1.29, 1.82) is 0 Å². The van der Waals surface area contributed by atoms with Crippen LogP contribution in [0.25, 0.3) is 68.5 Å². The van der Waals surface area contributed by atoms with Gasteiger partial charge in [-0.25, -0.2) is 0 Å². The van der Waals surface area contributed by atoms with Crippen molar-refractivity contribution in [2.75, 3.05) is 9.80 Å². The summed E-state index contributed by atoms with van der Waals surface area (Å²) in [6.07, 6.45) is 0. The minimum Gasteiger partial charge on any atom is -0.0602 e. The van der Waals surface area contributed by atoms with Crippen molar-refractivity contribution in [3.63, 3.8) is 0 Å². The molecule has 0 saturated carbocycles. The van der Waals surface area contributed by atoms with Gasteiger partial charge in [-0.3, -0.25) is 0 Å². The van der Waals surface area contributed by atoms with E-state index in [0.29, 0.717) is 0 Å². The SMILES string of the molecule is c1ccc(N(c2ccccc2)c2cccc(-c3cc4c5cccc6[se]c7cc(N(c8ccccc8)c8ccccc8)cc(c7c65)n5c6ccccc6c(c3)c45)c2)cc1. The molecule has 12 aromatic rings. The smallest absolute Gasteiger partial charge is 0.0602 e. The molecule has 4 heteroatoms. The van der Waals surface area contributed by atoms with Gasteiger partial charge in [0.2, 0.25) is 0 Å². The quantitative estimate of drug-likeness (QED) is 0.149. The van der Waals surface area contributed by atoms with Gasteiger partial charge < -0.3 is 0 Å². The topological polar surface area (TPSA) is 10.9 Å². The maximum absolute atomic E-state index is 2.58. The molecule has 58 heavy (non-hydrogen) atoms. The van der Waals surface area contributed by atoms with Gasteiger partial charge >= 0.3 is 307 Å². The summed E-state index contributed by atoms with van der Waals surface area (Å²) in [7, 11) is 0. The molecule has 0 aliphatic rings. The molecule has 0 atom stereocenters. The summed E-state index contributed by atoms with van der Waals surface area (Å²) >= 11 is 0.147. The summed E-state index contributed by atoms with van der Waals surface area (Å²) in [4.78, 5) is 4.76. The molecule has 0 aliphatic carbocycles. The van der Waals surface area contributed by atoms with Gasteiger partial charge in [0.15, 0.2) is 0 Å². The average molecular weight is 805 g/mol. The molecule has 0 spiro atoms. The molecule has 0 fully saturated rings. The molecule has 272 valence electrons. The van der Waals surface area contributed by atoms with Crippen molar-refractivity contribution in [1.82, 2.24) is 4.40 Å². The van der Waals surface area contributed by atoms with E-state index in [0.717, 1.165) is 28.4 Å². The van der Waals surface area contributed by atoms with E-state index in [4.69, 9.17) is 0 Å². The van der Waals surface area contributed by atoms with Gasteiger partial charge in [0.25, 0.3) is 0 Å². The minimum atomic E-state index is 0.147. The molecular formula is C54H35N3Se. The van der Waals surface area contributed by atoms with E-state index in [1.54, 1.807) is 0 Å². The molecule has 0 aliphatic heterocycles. The van der Waals surface area contributed by atoms with Crippen LogP contribution in [0.3, 0.4) is 0 Å². The number of benzene rings is 9. The minimum absolute atomic E-state index is 0.147. The molecule has 0 unspecified atom stereocenters. The summed E-state index contributed by atoms with van der Waals surface area (Å²) in [6.45, 7) is 0. The Kier molecular flexibility index (Phi) is 7.56. The first-order valence-corrected chi connectivity index (χ1v) is 21.5. The third kappa shape index (κ3) is 5.13. The van der Waals surface area contributed by atoms with Gasteiger partial charge in [0.1, 0.15) is 0 Å². The van der Waals surface area contributed by atoms with E-state index >= 15 is 0 Å². The fraction of sp³-hybridized carbons (Fsp3) is 0. The molecule has 3 heterocycles. The third-order valence-electron chi connectivity index (χ3n) is 11.6. The summed E-state index contributed by atoms with van der Waals surface area (Å²) < 4.78 is 5.45. The van der Waals surface area contributed by atoms with Crippen molar-refractivity contribution in [3.05, 3.63) is 212 Å². The standard InChI is InChI=1S/C54H35N3Se/c1-5-18-38(19-6-1)55(39-20-7-2-8-21-39)42-26-15-17-36(31-42)37-32-46-44-27-13-14-29-48(44)57-49-34-43(56(40-22-9-3-10-23-40)41-24-11-4-12-25-41)35-51-53(49)52-45(47(33-37)54(46)57)28-16-30-50(52)58-51/h1-35H. The fourth-order valence-corrected chi connectivity index (χ4v) is 11.7. The summed E-state index contributed by atoms with van der Waals surface area (Å²) in [5.74, 6) is 0. The van der Waals surface area contributed by atoms with Gasteiger partial charge in [-0.1, -0.05) is 36.4 Å². The van der Waals surface area contributed by atoms with Gasteiger partial charge in [-0.15, -0.1) is 0 Å². The number of nitrogens with zero attached hydrogens (tertiary/aromatic N) is 3. The molecule has 3 aromatic heterocycles. The zero-order valence-corrected chi connectivity index (χ0v) is 33.2. The van der Waals surface area contributed by atoms with Crippen molar-refractivity contribution in [2.45, 2.75) is 0 Å². The molecule has 12 rings (SSSR count). The molecule has 0 saturated heterocycles. The fourth-order valence-electron chi connectivity index (χ4n) is 9.19. The normalized spacial score (nSPS) is 11.8. The van der Waals surface area contributed by atoms with E-state index in [-0.39, 0.29) is 14.5 Å². The van der Waals surface area contributed by atoms with Crippen LogP contribution in [0.2, 0.25) is 0 Å². The number of para-hydroxylation sites is 5. The van der Waals surface area contributed by atoms with E-state index in [9.17, 15) is 0 Å². The van der Waals surface area contributed by atoms with Gasteiger partial charge in [-0.05, 0) is 0 Å². The van der Waals surface area contributed by atoms with Crippen LogP contribution in [0.4, 0.5) is 34.1 Å². The van der Waals surface area contributed by atoms with Crippen LogP contribution in [0.5, 0.6) is 0 Å². The predicted molar refractivity (Wildman–Crippen MR) is 248 cm³/mol. The van der Waals surface area contributed by atoms with Gasteiger partial charge in [-0.2, -0.15) is 0 Å². The van der Waals surface area contributed by atoms with E-state index < -0.39 is 0 Å². The monoisotopic (exact) mass is 805 g/mol. The number of aromatic nitrogens is 1. The predicted octanol–water partition coefficient (Wildman–Crippen LogP) is 14.8. The van der Waals surface area contributed by atoms with Crippen LogP contribution in [-0.2, 0) is 0 Å². The first-order chi connectivity index (χ1) is 28.8. The number of rotatable bonds is 7. The second-order valence-corrected chi connectivity index (χ2v) is 17.2. The van der Waals surface area contributed by atoms with Crippen molar-refractivity contribution >= 4 is 106 Å². The van der Waals surface area contributed by atoms with Crippen LogP contribution >= 0.6 is 0 Å². The Morgan fingerprint density at radius 1 is 0.310 bits per heavy atom. The summed E-state index contributed by atoms with van der Waals surface area (Å²) in [5.41, 5.74) is 13.0. The van der Waals surface area contributed by atoms with Crippen LogP contribution in [0.1, 0.15) is 0 Å². The first-order valence-electron chi connectivity index (χ1n) is 19.8. The maximum atomic E-state index is 2.58. The van der Waals surface area contributed by atoms with E-state index in [1.165, 1.54) is 74.2 Å². The van der Waals surface area contributed by atoms with Crippen molar-refractivity contribution in [2.24, 2.45) is 0 Å². The van der Waals surface area contributed by atoms with Crippen molar-refractivity contribution < 1.29 is 0 Å². The molecule has 0 bridgehead atoms. The second-order valence-electron chi connectivity index (χ2n) is 15.0. The van der Waals surface area contributed by atoms with Gasteiger partial charge in [0, 0.05) is 0 Å². The molecule has 0 N–H and O–H groups in total. The Morgan fingerprint density at radius 2 is 0.828 bits per heavy atom. The van der Waals surface area contributed by atoms with Crippen molar-refractivity contribution in [3.8, 4) is 11.1 Å². The Labute approximate surface area is 341 Å². The zero-order chi connectivity index (χ0) is 38.2. The second kappa shape index (κ2) is 13.2. The Morgan fingerprint density at radius 3 is 1.47 bits per heavy atom. The molecule has 3 nitrogen and oxygen atoms in total. The van der Waals surface area contributed by atoms with Crippen LogP contribution < -0.4 is 9.80 Å². The first kappa shape index (κ1) is 33.1. The molecule has 0 radical (unpaired) electrons. The van der Waals surface area contributed by atoms with Crippen LogP contribution in [0.15, 0.2) is 212 Å². The Hall–Kier alpha value is -7.10. The molecule has 0 amide bonds. The Balaban J connectivity index is 1.16. The average Bonchev–Trinajstić information content (AvgIpc) is 3.80. The number of fused-ring (bicyclic) bond motifs is 5. The summed E-state index contributed by atoms with van der Waals surface area (Å²) in [6, 6.07) is 77.7. The third-order valence-corrected chi connectivity index (χ3v) is 13.9. The zero-order valence-electron chi connectivity index (χ0n) is 31.5. The molecular weight excluding hydrogens is 770 g/mol. The Bertz CT molecular complexity index is 3370. The number of anilines is 6.